The molecule has 0 spiro atoms. The van der Waals surface area contributed by atoms with Crippen LogP contribution >= 0.6 is 11.3 Å². The molecule has 1 N–H and O–H groups in total. The number of nitrogens with zero attached hydrogens (tertiary/aromatic N) is 1. The van der Waals surface area contributed by atoms with Gasteiger partial charge in [0.05, 0.1) is 17.6 Å². The lowest BCUT2D eigenvalue weighted by Crippen LogP contribution is -2.21. The van der Waals surface area contributed by atoms with Gasteiger partial charge in [0.1, 0.15) is 10.8 Å². The standard InChI is InChI=1S/C19H19FN2O6S/c1-10-3-5-12-15(7-10)29-18(17(12)19(24)27-2)21-16(23)9-28-14-8-11(20)4-6-13(14)22(25)26/h4,6,8,10H,3,5,7,9H2,1-2H3,(H,21,23). The smallest absolute Gasteiger partial charge is 0.341 e. The lowest BCUT2D eigenvalue weighted by Gasteiger charge is -2.18. The minimum atomic E-state index is -0.726. The van der Waals surface area contributed by atoms with Crippen LogP contribution < -0.4 is 10.1 Å². The number of fused-ring (bicyclic) bond motifs is 1. The maximum Gasteiger partial charge on any atom is 0.341 e. The van der Waals surface area contributed by atoms with E-state index < -0.39 is 34.9 Å². The van der Waals surface area contributed by atoms with E-state index in [4.69, 9.17) is 9.47 Å². The van der Waals surface area contributed by atoms with Crippen LogP contribution in [0.5, 0.6) is 5.75 Å². The highest BCUT2D eigenvalue weighted by Gasteiger charge is 2.29. The van der Waals surface area contributed by atoms with Crippen molar-refractivity contribution in [2.75, 3.05) is 19.0 Å². The fourth-order valence-corrected chi connectivity index (χ4v) is 4.63. The van der Waals surface area contributed by atoms with E-state index in [1.807, 2.05) is 0 Å². The molecule has 1 aromatic carbocycles. The number of halogens is 1. The molecule has 8 nitrogen and oxygen atoms in total. The molecule has 29 heavy (non-hydrogen) atoms. The van der Waals surface area contributed by atoms with E-state index in [1.54, 1.807) is 0 Å². The van der Waals surface area contributed by atoms with Gasteiger partial charge in [-0.1, -0.05) is 6.92 Å². The molecule has 0 aliphatic heterocycles. The number of esters is 1. The zero-order valence-electron chi connectivity index (χ0n) is 15.8. The van der Waals surface area contributed by atoms with Gasteiger partial charge in [0, 0.05) is 17.0 Å². The fourth-order valence-electron chi connectivity index (χ4n) is 3.22. The summed E-state index contributed by atoms with van der Waals surface area (Å²) in [4.78, 5) is 35.9. The summed E-state index contributed by atoms with van der Waals surface area (Å²) in [5.74, 6) is -1.75. The summed E-state index contributed by atoms with van der Waals surface area (Å²) < 4.78 is 23.4. The highest BCUT2D eigenvalue weighted by Crippen LogP contribution is 2.40. The molecule has 1 aliphatic carbocycles. The molecule has 1 atom stereocenters. The molecule has 154 valence electrons. The molecule has 0 radical (unpaired) electrons. The first kappa shape index (κ1) is 20.7. The van der Waals surface area contributed by atoms with Crippen molar-refractivity contribution in [1.29, 1.82) is 0 Å². The minimum absolute atomic E-state index is 0.337. The van der Waals surface area contributed by atoms with Crippen LogP contribution in [0.25, 0.3) is 0 Å². The molecule has 1 unspecified atom stereocenters. The monoisotopic (exact) mass is 422 g/mol. The predicted molar refractivity (Wildman–Crippen MR) is 104 cm³/mol. The van der Waals surface area contributed by atoms with Gasteiger partial charge in [0.15, 0.2) is 6.61 Å². The number of rotatable bonds is 6. The summed E-state index contributed by atoms with van der Waals surface area (Å²) in [6, 6.07) is 2.74. The second-order valence-electron chi connectivity index (χ2n) is 6.75. The van der Waals surface area contributed by atoms with E-state index in [0.717, 1.165) is 47.9 Å². The van der Waals surface area contributed by atoms with E-state index in [1.165, 1.54) is 18.4 Å². The van der Waals surface area contributed by atoms with Crippen molar-refractivity contribution < 1.29 is 28.4 Å². The molecule has 2 aromatic rings. The summed E-state index contributed by atoms with van der Waals surface area (Å²) in [5, 5.41) is 14.0. The summed E-state index contributed by atoms with van der Waals surface area (Å²) in [7, 11) is 1.27. The number of carbonyl (C=O) groups excluding carboxylic acids is 2. The average Bonchev–Trinajstić information content (AvgIpc) is 3.02. The van der Waals surface area contributed by atoms with Crippen LogP contribution in [0.2, 0.25) is 0 Å². The molecule has 3 rings (SSSR count). The molecule has 1 heterocycles. The largest absolute Gasteiger partial charge is 0.477 e. The van der Waals surface area contributed by atoms with Crippen LogP contribution in [0.3, 0.4) is 0 Å². The number of nitro groups is 1. The van der Waals surface area contributed by atoms with Crippen molar-refractivity contribution in [2.24, 2.45) is 5.92 Å². The Morgan fingerprint density at radius 1 is 1.41 bits per heavy atom. The van der Waals surface area contributed by atoms with Gasteiger partial charge in [0.2, 0.25) is 5.75 Å². The molecule has 1 amide bonds. The maximum absolute atomic E-state index is 13.4. The second kappa shape index (κ2) is 8.56. The second-order valence-corrected chi connectivity index (χ2v) is 7.86. The van der Waals surface area contributed by atoms with Crippen LogP contribution in [-0.2, 0) is 22.4 Å². The molecule has 0 saturated heterocycles. The van der Waals surface area contributed by atoms with Crippen LogP contribution in [-0.4, -0.2) is 30.5 Å². The van der Waals surface area contributed by atoms with E-state index >= 15 is 0 Å². The molecule has 0 saturated carbocycles. The topological polar surface area (TPSA) is 108 Å². The normalized spacial score (nSPS) is 15.3. The molecule has 10 heteroatoms. The lowest BCUT2D eigenvalue weighted by atomic mass is 9.88. The Hall–Kier alpha value is -3.01. The van der Waals surface area contributed by atoms with Crippen LogP contribution in [0.1, 0.15) is 34.1 Å². The first-order valence-electron chi connectivity index (χ1n) is 8.89. The Morgan fingerprint density at radius 3 is 2.86 bits per heavy atom. The van der Waals surface area contributed by atoms with E-state index in [-0.39, 0.29) is 5.75 Å². The Bertz CT molecular complexity index is 974. The van der Waals surface area contributed by atoms with Crippen molar-refractivity contribution >= 4 is 33.9 Å². The Labute approximate surface area is 169 Å². The van der Waals surface area contributed by atoms with Gasteiger partial charge in [-0.15, -0.1) is 11.3 Å². The number of anilines is 1. The van der Waals surface area contributed by atoms with E-state index in [9.17, 15) is 24.1 Å². The zero-order chi connectivity index (χ0) is 21.1. The van der Waals surface area contributed by atoms with Crippen LogP contribution in [0.15, 0.2) is 18.2 Å². The van der Waals surface area contributed by atoms with Crippen molar-refractivity contribution in [1.82, 2.24) is 0 Å². The lowest BCUT2D eigenvalue weighted by molar-refractivity contribution is -0.385. The van der Waals surface area contributed by atoms with Crippen molar-refractivity contribution in [3.63, 3.8) is 0 Å². The van der Waals surface area contributed by atoms with Crippen LogP contribution in [0.4, 0.5) is 15.1 Å². The SMILES string of the molecule is COC(=O)c1c(NC(=O)COc2cc(F)ccc2[N+](=O)[O-])sc2c1CCC(C)C2. The first-order valence-corrected chi connectivity index (χ1v) is 9.71. The Kier molecular flexibility index (Phi) is 6.12. The molecule has 0 bridgehead atoms. The molecule has 1 aromatic heterocycles. The number of amides is 1. The number of benzene rings is 1. The number of hydrogen-bond acceptors (Lipinski definition) is 7. The van der Waals surface area contributed by atoms with E-state index in [2.05, 4.69) is 12.2 Å². The van der Waals surface area contributed by atoms with Gasteiger partial charge in [-0.3, -0.25) is 14.9 Å². The van der Waals surface area contributed by atoms with Gasteiger partial charge in [-0.05, 0) is 36.8 Å². The average molecular weight is 422 g/mol. The summed E-state index contributed by atoms with van der Waals surface area (Å²) in [6.07, 6.45) is 2.47. The third kappa shape index (κ3) is 4.53. The van der Waals surface area contributed by atoms with Crippen molar-refractivity contribution in [3.8, 4) is 5.75 Å². The van der Waals surface area contributed by atoms with E-state index in [0.29, 0.717) is 16.5 Å². The fraction of sp³-hybridized carbons (Fsp3) is 0.368. The summed E-state index contributed by atoms with van der Waals surface area (Å²) in [6.45, 7) is 1.54. The quantitative estimate of drug-likeness (QED) is 0.432. The summed E-state index contributed by atoms with van der Waals surface area (Å²) >= 11 is 1.31. The van der Waals surface area contributed by atoms with Gasteiger partial charge in [-0.2, -0.15) is 0 Å². The number of nitrogens with one attached hydrogen (secondary N) is 1. The highest BCUT2D eigenvalue weighted by molar-refractivity contribution is 7.17. The summed E-state index contributed by atoms with van der Waals surface area (Å²) in [5.41, 5.74) is 0.774. The number of thiophene rings is 1. The molecular weight excluding hydrogens is 403 g/mol. The van der Waals surface area contributed by atoms with Gasteiger partial charge in [0.25, 0.3) is 5.91 Å². The Morgan fingerprint density at radius 2 is 2.17 bits per heavy atom. The van der Waals surface area contributed by atoms with Crippen LogP contribution in [0, 0.1) is 21.8 Å². The Balaban J connectivity index is 1.77. The van der Waals surface area contributed by atoms with Crippen molar-refractivity contribution in [3.05, 3.63) is 50.1 Å². The number of methoxy groups -OCH3 is 1. The van der Waals surface area contributed by atoms with Crippen molar-refractivity contribution in [2.45, 2.75) is 26.2 Å². The van der Waals surface area contributed by atoms with Gasteiger partial charge in [-0.25, -0.2) is 9.18 Å². The predicted octanol–water partition coefficient (Wildman–Crippen LogP) is 3.72. The highest BCUT2D eigenvalue weighted by atomic mass is 32.1. The molecule has 0 fully saturated rings. The third-order valence-electron chi connectivity index (χ3n) is 4.63. The zero-order valence-corrected chi connectivity index (χ0v) is 16.6. The van der Waals surface area contributed by atoms with Gasteiger partial charge < -0.3 is 14.8 Å². The minimum Gasteiger partial charge on any atom is -0.477 e. The molecular formula is C19H19FN2O6S. The first-order chi connectivity index (χ1) is 13.8. The third-order valence-corrected chi connectivity index (χ3v) is 5.80. The number of carbonyl (C=O) groups is 2. The van der Waals surface area contributed by atoms with Gasteiger partial charge >= 0.3 is 11.7 Å². The number of ether oxygens (including phenoxy) is 2. The number of hydrogen-bond donors (Lipinski definition) is 1. The number of nitro benzene ring substituents is 1. The molecule has 1 aliphatic rings. The maximum atomic E-state index is 13.4.